The SMILES string of the molecule is CCC1CCCCN1C(=O)C(C)N1CCNCC1. The van der Waals surface area contributed by atoms with Gasteiger partial charge >= 0.3 is 0 Å². The number of carbonyl (C=O) groups excluding carboxylic acids is 1. The molecule has 2 atom stereocenters. The molecular formula is C14H27N3O. The van der Waals surface area contributed by atoms with Crippen LogP contribution in [0.15, 0.2) is 0 Å². The van der Waals surface area contributed by atoms with Gasteiger partial charge in [0.25, 0.3) is 0 Å². The molecule has 4 heteroatoms. The normalized spacial score (nSPS) is 28.1. The van der Waals surface area contributed by atoms with Crippen LogP contribution in [0.2, 0.25) is 0 Å². The molecule has 0 bridgehead atoms. The van der Waals surface area contributed by atoms with Crippen LogP contribution in [0.1, 0.15) is 39.5 Å². The van der Waals surface area contributed by atoms with Crippen molar-refractivity contribution in [1.82, 2.24) is 15.1 Å². The average molecular weight is 253 g/mol. The van der Waals surface area contributed by atoms with Gasteiger partial charge in [0, 0.05) is 38.8 Å². The number of rotatable bonds is 3. The van der Waals surface area contributed by atoms with Crippen molar-refractivity contribution in [3.05, 3.63) is 0 Å². The van der Waals surface area contributed by atoms with E-state index in [1.54, 1.807) is 0 Å². The summed E-state index contributed by atoms with van der Waals surface area (Å²) in [5.41, 5.74) is 0. The van der Waals surface area contributed by atoms with E-state index in [4.69, 9.17) is 0 Å². The Balaban J connectivity index is 1.95. The van der Waals surface area contributed by atoms with E-state index >= 15 is 0 Å². The molecule has 0 aromatic carbocycles. The van der Waals surface area contributed by atoms with Gasteiger partial charge in [-0.05, 0) is 32.6 Å². The third-order valence-corrected chi connectivity index (χ3v) is 4.44. The minimum Gasteiger partial charge on any atom is -0.338 e. The van der Waals surface area contributed by atoms with Crippen LogP contribution in [0, 0.1) is 0 Å². The lowest BCUT2D eigenvalue weighted by molar-refractivity contribution is -0.140. The Bertz CT molecular complexity index is 276. The van der Waals surface area contributed by atoms with Crippen LogP contribution in [0.3, 0.4) is 0 Å². The molecule has 0 spiro atoms. The number of piperazine rings is 1. The van der Waals surface area contributed by atoms with E-state index in [1.807, 2.05) is 0 Å². The fourth-order valence-electron chi connectivity index (χ4n) is 3.18. The summed E-state index contributed by atoms with van der Waals surface area (Å²) < 4.78 is 0. The second-order valence-electron chi connectivity index (χ2n) is 5.55. The summed E-state index contributed by atoms with van der Waals surface area (Å²) in [5, 5.41) is 3.34. The van der Waals surface area contributed by atoms with Crippen LogP contribution in [0.5, 0.6) is 0 Å². The third kappa shape index (κ3) is 3.04. The number of piperidine rings is 1. The molecule has 4 nitrogen and oxygen atoms in total. The molecule has 0 radical (unpaired) electrons. The summed E-state index contributed by atoms with van der Waals surface area (Å²) in [6, 6.07) is 0.538. The van der Waals surface area contributed by atoms with E-state index in [0.29, 0.717) is 11.9 Å². The number of amides is 1. The minimum absolute atomic E-state index is 0.0549. The van der Waals surface area contributed by atoms with E-state index in [-0.39, 0.29) is 6.04 Å². The molecule has 1 amide bonds. The fraction of sp³-hybridized carbons (Fsp3) is 0.929. The zero-order valence-electron chi connectivity index (χ0n) is 11.8. The maximum atomic E-state index is 12.6. The van der Waals surface area contributed by atoms with E-state index in [9.17, 15) is 4.79 Å². The van der Waals surface area contributed by atoms with Gasteiger partial charge in [-0.3, -0.25) is 9.69 Å². The Morgan fingerprint density at radius 1 is 1.28 bits per heavy atom. The lowest BCUT2D eigenvalue weighted by Crippen LogP contribution is -2.56. The first-order valence-corrected chi connectivity index (χ1v) is 7.49. The third-order valence-electron chi connectivity index (χ3n) is 4.44. The first kappa shape index (κ1) is 13.8. The predicted molar refractivity (Wildman–Crippen MR) is 73.5 cm³/mol. The van der Waals surface area contributed by atoms with Gasteiger partial charge in [-0.1, -0.05) is 6.92 Å². The summed E-state index contributed by atoms with van der Waals surface area (Å²) in [6.45, 7) is 9.26. The Kier molecular flexibility index (Phi) is 5.01. The summed E-state index contributed by atoms with van der Waals surface area (Å²) in [6.07, 6.45) is 4.75. The molecule has 0 aromatic heterocycles. The van der Waals surface area contributed by atoms with Crippen molar-refractivity contribution in [1.29, 1.82) is 0 Å². The molecule has 18 heavy (non-hydrogen) atoms. The largest absolute Gasteiger partial charge is 0.338 e. The smallest absolute Gasteiger partial charge is 0.239 e. The van der Waals surface area contributed by atoms with Crippen molar-refractivity contribution >= 4 is 5.91 Å². The molecule has 2 heterocycles. The van der Waals surface area contributed by atoms with E-state index in [1.165, 1.54) is 19.3 Å². The number of hydrogen-bond donors (Lipinski definition) is 1. The van der Waals surface area contributed by atoms with Crippen LogP contribution >= 0.6 is 0 Å². The maximum Gasteiger partial charge on any atom is 0.239 e. The van der Waals surface area contributed by atoms with Gasteiger partial charge in [0.1, 0.15) is 0 Å². The van der Waals surface area contributed by atoms with Gasteiger partial charge in [-0.15, -0.1) is 0 Å². The highest BCUT2D eigenvalue weighted by atomic mass is 16.2. The van der Waals surface area contributed by atoms with Crippen molar-refractivity contribution in [2.45, 2.75) is 51.6 Å². The topological polar surface area (TPSA) is 35.6 Å². The van der Waals surface area contributed by atoms with Gasteiger partial charge in [-0.25, -0.2) is 0 Å². The first-order valence-electron chi connectivity index (χ1n) is 7.49. The van der Waals surface area contributed by atoms with E-state index in [2.05, 4.69) is 29.0 Å². The van der Waals surface area contributed by atoms with Gasteiger partial charge < -0.3 is 10.2 Å². The summed E-state index contributed by atoms with van der Waals surface area (Å²) >= 11 is 0. The van der Waals surface area contributed by atoms with Crippen molar-refractivity contribution in [2.75, 3.05) is 32.7 Å². The molecule has 0 aliphatic carbocycles. The van der Waals surface area contributed by atoms with Gasteiger partial charge in [-0.2, -0.15) is 0 Å². The van der Waals surface area contributed by atoms with Crippen molar-refractivity contribution in [3.8, 4) is 0 Å². The molecule has 0 saturated carbocycles. The van der Waals surface area contributed by atoms with Crippen LogP contribution in [-0.2, 0) is 4.79 Å². The standard InChI is InChI=1S/C14H27N3O/c1-3-13-6-4-5-9-17(13)14(18)12(2)16-10-7-15-8-11-16/h12-13,15H,3-11H2,1-2H3. The van der Waals surface area contributed by atoms with Crippen LogP contribution < -0.4 is 5.32 Å². The lowest BCUT2D eigenvalue weighted by Gasteiger charge is -2.40. The molecule has 2 saturated heterocycles. The number of carbonyl (C=O) groups is 1. The van der Waals surface area contributed by atoms with Crippen LogP contribution in [0.25, 0.3) is 0 Å². The second-order valence-corrected chi connectivity index (χ2v) is 5.55. The molecule has 2 aliphatic rings. The number of nitrogens with zero attached hydrogens (tertiary/aromatic N) is 2. The van der Waals surface area contributed by atoms with Crippen molar-refractivity contribution in [3.63, 3.8) is 0 Å². The molecule has 104 valence electrons. The molecule has 2 unspecified atom stereocenters. The number of likely N-dealkylation sites (tertiary alicyclic amines) is 1. The molecule has 0 aromatic rings. The molecule has 2 rings (SSSR count). The van der Waals surface area contributed by atoms with Crippen LogP contribution in [0.4, 0.5) is 0 Å². The second kappa shape index (κ2) is 6.53. The fourth-order valence-corrected chi connectivity index (χ4v) is 3.18. The first-order chi connectivity index (χ1) is 8.74. The minimum atomic E-state index is 0.0549. The van der Waals surface area contributed by atoms with Crippen molar-refractivity contribution < 1.29 is 4.79 Å². The molecule has 2 fully saturated rings. The summed E-state index contributed by atoms with van der Waals surface area (Å²) in [7, 11) is 0. The molecule has 1 N–H and O–H groups in total. The number of hydrogen-bond acceptors (Lipinski definition) is 3. The maximum absolute atomic E-state index is 12.6. The quantitative estimate of drug-likeness (QED) is 0.817. The van der Waals surface area contributed by atoms with Crippen LogP contribution in [-0.4, -0.2) is 60.5 Å². The molecule has 2 aliphatic heterocycles. The van der Waals surface area contributed by atoms with Crippen molar-refractivity contribution in [2.24, 2.45) is 0 Å². The zero-order valence-corrected chi connectivity index (χ0v) is 11.8. The molecular weight excluding hydrogens is 226 g/mol. The summed E-state index contributed by atoms with van der Waals surface area (Å²) in [4.78, 5) is 17.1. The zero-order chi connectivity index (χ0) is 13.0. The Labute approximate surface area is 111 Å². The Morgan fingerprint density at radius 3 is 2.67 bits per heavy atom. The lowest BCUT2D eigenvalue weighted by atomic mass is 9.99. The monoisotopic (exact) mass is 253 g/mol. The van der Waals surface area contributed by atoms with E-state index in [0.717, 1.165) is 39.1 Å². The Hall–Kier alpha value is -0.610. The van der Waals surface area contributed by atoms with Gasteiger partial charge in [0.05, 0.1) is 6.04 Å². The average Bonchev–Trinajstić information content (AvgIpc) is 2.46. The van der Waals surface area contributed by atoms with E-state index < -0.39 is 0 Å². The highest BCUT2D eigenvalue weighted by molar-refractivity contribution is 5.82. The van der Waals surface area contributed by atoms with Gasteiger partial charge in [0.2, 0.25) is 5.91 Å². The summed E-state index contributed by atoms with van der Waals surface area (Å²) in [5.74, 6) is 0.350. The number of nitrogens with one attached hydrogen (secondary N) is 1. The predicted octanol–water partition coefficient (Wildman–Crippen LogP) is 1.07. The highest BCUT2D eigenvalue weighted by Gasteiger charge is 2.31. The highest BCUT2D eigenvalue weighted by Crippen LogP contribution is 2.21. The van der Waals surface area contributed by atoms with Gasteiger partial charge in [0.15, 0.2) is 0 Å². The Morgan fingerprint density at radius 2 is 2.00 bits per heavy atom.